The molecule has 0 amide bonds. The van der Waals surface area contributed by atoms with Gasteiger partial charge >= 0.3 is 5.97 Å². The number of hydrogen-bond donors (Lipinski definition) is 0. The van der Waals surface area contributed by atoms with Crippen molar-refractivity contribution in [3.8, 4) is 0 Å². The number of esters is 1. The second-order valence-electron chi connectivity index (χ2n) is 20.6. The van der Waals surface area contributed by atoms with Gasteiger partial charge in [-0.2, -0.15) is 0 Å². The van der Waals surface area contributed by atoms with Crippen molar-refractivity contribution in [3.63, 3.8) is 0 Å². The van der Waals surface area contributed by atoms with E-state index in [1.54, 1.807) is 33.1 Å². The lowest BCUT2D eigenvalue weighted by atomic mass is 9.92. The topological polar surface area (TPSA) is 100 Å². The maximum absolute atomic E-state index is 13.7. The zero-order valence-electron chi connectivity index (χ0n) is 43.0. The van der Waals surface area contributed by atoms with Gasteiger partial charge in [0.1, 0.15) is 31.2 Å². The van der Waals surface area contributed by atoms with E-state index < -0.39 is 13.1 Å². The summed E-state index contributed by atoms with van der Waals surface area (Å²) in [5.41, 5.74) is 0. The van der Waals surface area contributed by atoms with Gasteiger partial charge in [-0.3, -0.25) is 4.79 Å². The second-order valence-corrected chi connectivity index (χ2v) is 26.8. The molecule has 2 saturated heterocycles. The molecule has 3 rings (SSSR count). The molecule has 65 heavy (non-hydrogen) atoms. The molecular weight excluding hydrogens is 857 g/mol. The molecule has 1 unspecified atom stereocenters. The number of methoxy groups -OCH3 is 3. The van der Waals surface area contributed by atoms with E-state index in [1.165, 1.54) is 70.6 Å². The number of hydrogen-bond acceptors (Lipinski definition) is 11. The molecule has 2 aliphatic rings. The highest BCUT2D eigenvalue weighted by Crippen LogP contribution is 2.48. The van der Waals surface area contributed by atoms with Crippen LogP contribution in [0, 0.1) is 0 Å². The smallest absolute Gasteiger partial charge is 0.323 e. The molecule has 10 nitrogen and oxygen atoms in total. The molecule has 12 heteroatoms. The van der Waals surface area contributed by atoms with Crippen LogP contribution in [0.15, 0.2) is 35.2 Å². The van der Waals surface area contributed by atoms with E-state index in [4.69, 9.17) is 42.3 Å². The highest BCUT2D eigenvalue weighted by atomic mass is 32.2. The molecule has 378 valence electrons. The summed E-state index contributed by atoms with van der Waals surface area (Å²) in [6.07, 6.45) is 26.4. The Morgan fingerprint density at radius 3 is 1.91 bits per heavy atom. The van der Waals surface area contributed by atoms with Gasteiger partial charge in [0.2, 0.25) is 0 Å². The van der Waals surface area contributed by atoms with E-state index in [0.29, 0.717) is 12.8 Å². The lowest BCUT2D eigenvalue weighted by Crippen LogP contribution is -2.46. The summed E-state index contributed by atoms with van der Waals surface area (Å²) < 4.78 is 54.2. The third-order valence-corrected chi connectivity index (χ3v) is 19.9. The highest BCUT2D eigenvalue weighted by Gasteiger charge is 2.51. The number of cyclic esters (lactones) is 1. The third-order valence-electron chi connectivity index (χ3n) is 14.0. The Balaban J connectivity index is 1.57. The van der Waals surface area contributed by atoms with Crippen molar-refractivity contribution >= 4 is 26.0 Å². The summed E-state index contributed by atoms with van der Waals surface area (Å²) in [4.78, 5) is 14.8. The highest BCUT2D eigenvalue weighted by molar-refractivity contribution is 8.01. The first-order chi connectivity index (χ1) is 31.3. The van der Waals surface area contributed by atoms with E-state index in [0.717, 1.165) is 75.5 Å². The normalized spacial score (nSPS) is 23.1. The van der Waals surface area contributed by atoms with Crippen molar-refractivity contribution < 1.29 is 47.1 Å². The Morgan fingerprint density at radius 2 is 1.32 bits per heavy atom. The predicted molar refractivity (Wildman–Crippen MR) is 268 cm³/mol. The summed E-state index contributed by atoms with van der Waals surface area (Å²) in [5.74, 6) is -0.110. The number of benzene rings is 1. The fourth-order valence-electron chi connectivity index (χ4n) is 9.28. The van der Waals surface area contributed by atoms with Crippen molar-refractivity contribution in [3.05, 3.63) is 30.3 Å². The molecule has 0 aliphatic carbocycles. The van der Waals surface area contributed by atoms with E-state index in [-0.39, 0.29) is 74.1 Å². The first-order valence-corrected chi connectivity index (χ1v) is 29.6. The molecule has 0 aromatic heterocycles. The average molecular weight is 953 g/mol. The molecule has 0 spiro atoms. The van der Waals surface area contributed by atoms with Crippen LogP contribution in [0.1, 0.15) is 189 Å². The SMILES string of the molecule is CCCCCCCCCCCCCC[C@H]1O[C@@H]([C@@H](CC[C@@H](CCCCC[C@H](CC2(Sc3ccccc3)C[C@H](C)OC2=O)O[Si](C)(C)C(C)(C)C)OCOC)OCOC)CC[C@H]1OCOC. The standard InChI is InChI=1S/C53H96O10SSi/c1-11-12-13-14-15-16-17-18-19-20-21-28-33-49-48(60-42-57-8)36-37-50(62-49)47(59-41-56-7)35-34-44(58-40-55-6)29-24-22-25-30-45(63-65(9,10)52(3,4)5)39-53(38-43(2)61-51(53)54)64-46-31-26-23-27-32-46/h23,26-27,31-32,43-45,47-50H,11-22,24-25,28-30,33-42H2,1-10H3/t43-,44+,45+,47+,48+,49+,50+,53?/m0/s1. The summed E-state index contributed by atoms with van der Waals surface area (Å²) in [5, 5.41) is 0.0560. The Hall–Kier alpha value is -1.06. The molecular formula is C53H96O10SSi. The van der Waals surface area contributed by atoms with Gasteiger partial charge in [-0.25, -0.2) is 0 Å². The minimum atomic E-state index is -2.12. The van der Waals surface area contributed by atoms with Crippen molar-refractivity contribution in [1.29, 1.82) is 0 Å². The number of unbranched alkanes of at least 4 members (excludes halogenated alkanes) is 13. The monoisotopic (exact) mass is 953 g/mol. The summed E-state index contributed by atoms with van der Waals surface area (Å²) >= 11 is 1.66. The Bertz CT molecular complexity index is 1350. The van der Waals surface area contributed by atoms with Crippen LogP contribution in [-0.2, 0) is 47.1 Å². The van der Waals surface area contributed by atoms with E-state index in [1.807, 2.05) is 25.1 Å². The summed E-state index contributed by atoms with van der Waals surface area (Å²) in [7, 11) is 2.92. The van der Waals surface area contributed by atoms with Crippen LogP contribution in [0.4, 0.5) is 0 Å². The van der Waals surface area contributed by atoms with E-state index in [2.05, 4.69) is 52.9 Å². The zero-order chi connectivity index (χ0) is 47.4. The van der Waals surface area contributed by atoms with Crippen LogP contribution >= 0.6 is 11.8 Å². The molecule has 0 N–H and O–H groups in total. The number of rotatable bonds is 38. The average Bonchev–Trinajstić information content (AvgIpc) is 3.54. The zero-order valence-corrected chi connectivity index (χ0v) is 44.8. The van der Waals surface area contributed by atoms with Crippen molar-refractivity contribution in [2.75, 3.05) is 41.7 Å². The van der Waals surface area contributed by atoms with E-state index >= 15 is 0 Å². The first-order valence-electron chi connectivity index (χ1n) is 25.9. The van der Waals surface area contributed by atoms with Crippen LogP contribution in [-0.4, -0.2) is 103 Å². The van der Waals surface area contributed by atoms with Crippen LogP contribution in [0.25, 0.3) is 0 Å². The Labute approximate surface area is 402 Å². The molecule has 1 aromatic rings. The van der Waals surface area contributed by atoms with Crippen molar-refractivity contribution in [2.45, 2.75) is 259 Å². The quantitative estimate of drug-likeness (QED) is 0.0274. The van der Waals surface area contributed by atoms with Gasteiger partial charge in [-0.1, -0.05) is 142 Å². The van der Waals surface area contributed by atoms with Crippen LogP contribution in [0.3, 0.4) is 0 Å². The number of ether oxygens (including phenoxy) is 8. The van der Waals surface area contributed by atoms with Gasteiger partial charge in [0.25, 0.3) is 0 Å². The number of thioether (sulfide) groups is 1. The molecule has 0 radical (unpaired) electrons. The van der Waals surface area contributed by atoms with E-state index in [9.17, 15) is 4.79 Å². The van der Waals surface area contributed by atoms with Crippen molar-refractivity contribution in [1.82, 2.24) is 0 Å². The molecule has 2 aliphatic heterocycles. The fourth-order valence-corrected chi connectivity index (χ4v) is 12.1. The molecule has 2 fully saturated rings. The molecule has 8 atom stereocenters. The first kappa shape index (κ1) is 58.3. The Morgan fingerprint density at radius 1 is 0.738 bits per heavy atom. The van der Waals surface area contributed by atoms with Crippen molar-refractivity contribution in [2.24, 2.45) is 0 Å². The molecule has 0 bridgehead atoms. The second kappa shape index (κ2) is 32.7. The molecule has 1 aromatic carbocycles. The number of carbonyl (C=O) groups excluding carboxylic acids is 1. The van der Waals surface area contributed by atoms with Gasteiger partial charge < -0.3 is 42.3 Å². The van der Waals surface area contributed by atoms with Gasteiger partial charge in [-0.15, -0.1) is 11.8 Å². The fraction of sp³-hybridized carbons (Fsp3) is 0.868. The minimum absolute atomic E-state index is 0.0141. The van der Waals surface area contributed by atoms with Gasteiger partial charge in [0.15, 0.2) is 8.32 Å². The Kier molecular flexibility index (Phi) is 29.3. The predicted octanol–water partition coefficient (Wildman–Crippen LogP) is 14.0. The van der Waals surface area contributed by atoms with Gasteiger partial charge in [0.05, 0.1) is 30.5 Å². The number of carbonyl (C=O) groups is 1. The summed E-state index contributed by atoms with van der Waals surface area (Å²) in [6.45, 7) is 16.6. The van der Waals surface area contributed by atoms with Crippen LogP contribution in [0.5, 0.6) is 0 Å². The largest absolute Gasteiger partial charge is 0.462 e. The maximum Gasteiger partial charge on any atom is 0.323 e. The van der Waals surface area contributed by atoms with Gasteiger partial charge in [0, 0.05) is 38.7 Å². The maximum atomic E-state index is 13.7. The molecule has 0 saturated carbocycles. The lowest BCUT2D eigenvalue weighted by Gasteiger charge is -2.41. The third kappa shape index (κ3) is 22.5. The van der Waals surface area contributed by atoms with Crippen LogP contribution in [0.2, 0.25) is 18.1 Å². The molecule has 2 heterocycles. The van der Waals surface area contributed by atoms with Gasteiger partial charge in [-0.05, 0) is 88.6 Å². The summed E-state index contributed by atoms with van der Waals surface area (Å²) in [6, 6.07) is 10.3. The lowest BCUT2D eigenvalue weighted by molar-refractivity contribution is -0.210. The minimum Gasteiger partial charge on any atom is -0.462 e. The van der Waals surface area contributed by atoms with Crippen LogP contribution < -0.4 is 0 Å².